The van der Waals surface area contributed by atoms with Crippen LogP contribution in [0.4, 0.5) is 10.5 Å². The number of nitrogens with zero attached hydrogens (tertiary/aromatic N) is 1. The first-order valence-electron chi connectivity index (χ1n) is 6.75. The van der Waals surface area contributed by atoms with Crippen LogP contribution in [0.25, 0.3) is 6.08 Å². The quantitative estimate of drug-likeness (QED) is 0.658. The van der Waals surface area contributed by atoms with E-state index in [1.807, 2.05) is 39.0 Å². The Morgan fingerprint density at radius 3 is 2.81 bits per heavy atom. The molecule has 0 saturated heterocycles. The molecule has 0 aromatic heterocycles. The van der Waals surface area contributed by atoms with E-state index in [4.69, 9.17) is 15.7 Å². The minimum absolute atomic E-state index is 0.433. The normalized spacial score (nSPS) is 11.1. The molecule has 0 aliphatic heterocycles. The molecule has 0 unspecified atom stereocenters. The molecule has 5 heteroatoms. The van der Waals surface area contributed by atoms with E-state index in [0.29, 0.717) is 24.2 Å². The average molecular weight is 287 g/mol. The molecule has 0 aliphatic carbocycles. The molecule has 5 nitrogen and oxygen atoms in total. The molecule has 1 amide bonds. The van der Waals surface area contributed by atoms with Crippen LogP contribution in [0.15, 0.2) is 24.3 Å². The monoisotopic (exact) mass is 287 g/mol. The van der Waals surface area contributed by atoms with Gasteiger partial charge in [0.25, 0.3) is 0 Å². The van der Waals surface area contributed by atoms with Crippen LogP contribution < -0.4 is 11.1 Å². The highest BCUT2D eigenvalue weighted by Crippen LogP contribution is 2.17. The number of nitrogens with one attached hydrogen (secondary N) is 1. The standard InChI is InChI=1S/C16H21N3O2/c1-16(2,3)21-15(20)19-10-5-4-7-12-8-6-9-14(18)13(12)11-17/h4,6-9H,5,10,18H2,1-3H3,(H,19,20). The lowest BCUT2D eigenvalue weighted by Gasteiger charge is -2.19. The summed E-state index contributed by atoms with van der Waals surface area (Å²) in [6, 6.07) is 7.40. The number of nitriles is 1. The number of rotatable bonds is 4. The number of nitrogen functional groups attached to an aromatic ring is 1. The fraction of sp³-hybridized carbons (Fsp3) is 0.375. The molecule has 0 atom stereocenters. The molecule has 0 bridgehead atoms. The van der Waals surface area contributed by atoms with Gasteiger partial charge in [0.2, 0.25) is 0 Å². The van der Waals surface area contributed by atoms with Gasteiger partial charge in [0.15, 0.2) is 0 Å². The van der Waals surface area contributed by atoms with Crippen molar-refractivity contribution in [3.8, 4) is 6.07 Å². The molecule has 21 heavy (non-hydrogen) atoms. The summed E-state index contributed by atoms with van der Waals surface area (Å²) in [5, 5.41) is 11.7. The maximum absolute atomic E-state index is 11.4. The van der Waals surface area contributed by atoms with Crippen LogP contribution in [0.3, 0.4) is 0 Å². The molecule has 0 spiro atoms. The number of carbonyl (C=O) groups is 1. The minimum atomic E-state index is -0.497. The van der Waals surface area contributed by atoms with E-state index < -0.39 is 11.7 Å². The number of amides is 1. The molecule has 0 radical (unpaired) electrons. The number of ether oxygens (including phenoxy) is 1. The second kappa shape index (κ2) is 7.34. The van der Waals surface area contributed by atoms with Crippen molar-refractivity contribution in [2.45, 2.75) is 32.8 Å². The highest BCUT2D eigenvalue weighted by Gasteiger charge is 2.15. The van der Waals surface area contributed by atoms with Crippen molar-refractivity contribution in [2.75, 3.05) is 12.3 Å². The Balaban J connectivity index is 2.45. The highest BCUT2D eigenvalue weighted by molar-refractivity contribution is 5.68. The molecule has 1 rings (SSSR count). The Bertz CT molecular complexity index is 566. The fourth-order valence-electron chi connectivity index (χ4n) is 1.64. The maximum Gasteiger partial charge on any atom is 0.407 e. The number of benzene rings is 1. The number of alkyl carbamates (subject to hydrolysis) is 1. The summed E-state index contributed by atoms with van der Waals surface area (Å²) >= 11 is 0. The first-order chi connectivity index (χ1) is 9.83. The van der Waals surface area contributed by atoms with Gasteiger partial charge in [-0.3, -0.25) is 0 Å². The number of nitrogens with two attached hydrogens (primary N) is 1. The molecule has 0 heterocycles. The van der Waals surface area contributed by atoms with Crippen LogP contribution in [-0.4, -0.2) is 18.2 Å². The summed E-state index contributed by atoms with van der Waals surface area (Å²) in [7, 11) is 0. The number of hydrogen-bond donors (Lipinski definition) is 2. The predicted molar refractivity (Wildman–Crippen MR) is 83.5 cm³/mol. The minimum Gasteiger partial charge on any atom is -0.444 e. The van der Waals surface area contributed by atoms with Crippen molar-refractivity contribution in [3.63, 3.8) is 0 Å². The second-order valence-electron chi connectivity index (χ2n) is 5.54. The molecule has 1 aromatic carbocycles. The SMILES string of the molecule is CC(C)(C)OC(=O)NCCC=Cc1cccc(N)c1C#N. The van der Waals surface area contributed by atoms with Crippen molar-refractivity contribution < 1.29 is 9.53 Å². The summed E-state index contributed by atoms with van der Waals surface area (Å²) in [6.07, 6.45) is 3.91. The van der Waals surface area contributed by atoms with E-state index in [2.05, 4.69) is 11.4 Å². The van der Waals surface area contributed by atoms with Gasteiger partial charge in [-0.05, 0) is 38.8 Å². The van der Waals surface area contributed by atoms with Gasteiger partial charge in [-0.25, -0.2) is 4.79 Å². The van der Waals surface area contributed by atoms with Crippen LogP contribution in [0.1, 0.15) is 38.3 Å². The van der Waals surface area contributed by atoms with Crippen molar-refractivity contribution in [2.24, 2.45) is 0 Å². The van der Waals surface area contributed by atoms with Crippen molar-refractivity contribution in [1.29, 1.82) is 5.26 Å². The maximum atomic E-state index is 11.4. The van der Waals surface area contributed by atoms with Crippen molar-refractivity contribution in [3.05, 3.63) is 35.4 Å². The zero-order valence-corrected chi connectivity index (χ0v) is 12.6. The highest BCUT2D eigenvalue weighted by atomic mass is 16.6. The molecule has 1 aromatic rings. The Hall–Kier alpha value is -2.48. The van der Waals surface area contributed by atoms with Crippen molar-refractivity contribution in [1.82, 2.24) is 5.32 Å². The lowest BCUT2D eigenvalue weighted by molar-refractivity contribution is 0.0529. The van der Waals surface area contributed by atoms with E-state index >= 15 is 0 Å². The summed E-state index contributed by atoms with van der Waals surface area (Å²) in [6.45, 7) is 5.91. The average Bonchev–Trinajstić information content (AvgIpc) is 2.36. The lowest BCUT2D eigenvalue weighted by atomic mass is 10.1. The van der Waals surface area contributed by atoms with Gasteiger partial charge in [0.1, 0.15) is 11.7 Å². The van der Waals surface area contributed by atoms with Gasteiger partial charge in [0.05, 0.1) is 11.3 Å². The van der Waals surface area contributed by atoms with Gasteiger partial charge in [-0.2, -0.15) is 5.26 Å². The van der Waals surface area contributed by atoms with Gasteiger partial charge >= 0.3 is 6.09 Å². The first kappa shape index (κ1) is 16.6. The van der Waals surface area contributed by atoms with Gasteiger partial charge < -0.3 is 15.8 Å². The molecular formula is C16H21N3O2. The summed E-state index contributed by atoms with van der Waals surface area (Å²) in [5.41, 5.74) is 6.94. The summed E-state index contributed by atoms with van der Waals surface area (Å²) in [4.78, 5) is 11.4. The van der Waals surface area contributed by atoms with Gasteiger partial charge in [-0.15, -0.1) is 0 Å². The van der Waals surface area contributed by atoms with Gasteiger partial charge in [-0.1, -0.05) is 24.3 Å². The third kappa shape index (κ3) is 6.00. The fourth-order valence-corrected chi connectivity index (χ4v) is 1.64. The molecular weight excluding hydrogens is 266 g/mol. The molecule has 0 fully saturated rings. The lowest BCUT2D eigenvalue weighted by Crippen LogP contribution is -2.32. The van der Waals surface area contributed by atoms with Crippen LogP contribution in [0, 0.1) is 11.3 Å². The predicted octanol–water partition coefficient (Wildman–Crippen LogP) is 3.07. The Kier molecular flexibility index (Phi) is 5.79. The molecule has 0 aliphatic rings. The van der Waals surface area contributed by atoms with Gasteiger partial charge in [0, 0.05) is 6.54 Å². The number of anilines is 1. The van der Waals surface area contributed by atoms with Crippen LogP contribution in [-0.2, 0) is 4.74 Å². The third-order valence-electron chi connectivity index (χ3n) is 2.52. The largest absolute Gasteiger partial charge is 0.444 e. The van der Waals surface area contributed by atoms with E-state index in [1.54, 1.807) is 12.1 Å². The Morgan fingerprint density at radius 1 is 1.48 bits per heavy atom. The Labute approximate surface area is 125 Å². The van der Waals surface area contributed by atoms with E-state index in [0.717, 1.165) is 5.56 Å². The molecule has 0 saturated carbocycles. The van der Waals surface area contributed by atoms with E-state index in [1.165, 1.54) is 0 Å². The molecule has 112 valence electrons. The first-order valence-corrected chi connectivity index (χ1v) is 6.75. The van der Waals surface area contributed by atoms with Crippen LogP contribution in [0.5, 0.6) is 0 Å². The molecule has 3 N–H and O–H groups in total. The van der Waals surface area contributed by atoms with E-state index in [-0.39, 0.29) is 0 Å². The van der Waals surface area contributed by atoms with Crippen molar-refractivity contribution >= 4 is 17.9 Å². The Morgan fingerprint density at radius 2 is 2.19 bits per heavy atom. The second-order valence-corrected chi connectivity index (χ2v) is 5.54. The van der Waals surface area contributed by atoms with E-state index in [9.17, 15) is 4.79 Å². The van der Waals surface area contributed by atoms with Crippen LogP contribution >= 0.6 is 0 Å². The topological polar surface area (TPSA) is 88.1 Å². The third-order valence-corrected chi connectivity index (χ3v) is 2.52. The number of hydrogen-bond acceptors (Lipinski definition) is 4. The number of carbonyl (C=O) groups excluding carboxylic acids is 1. The van der Waals surface area contributed by atoms with Crippen LogP contribution in [0.2, 0.25) is 0 Å². The summed E-state index contributed by atoms with van der Waals surface area (Å²) < 4.78 is 5.12. The zero-order chi connectivity index (χ0) is 15.9. The zero-order valence-electron chi connectivity index (χ0n) is 12.6. The summed E-state index contributed by atoms with van der Waals surface area (Å²) in [5.74, 6) is 0. The smallest absolute Gasteiger partial charge is 0.407 e.